The Morgan fingerprint density at radius 2 is 2.11 bits per heavy atom. The van der Waals surface area contributed by atoms with Crippen LogP contribution in [0, 0.1) is 0 Å². The number of benzene rings is 1. The Kier molecular flexibility index (Phi) is 4.26. The monoisotopic (exact) mass is 256 g/mol. The van der Waals surface area contributed by atoms with Crippen molar-refractivity contribution in [3.8, 4) is 0 Å². The van der Waals surface area contributed by atoms with E-state index in [-0.39, 0.29) is 19.1 Å². The molecule has 19 heavy (non-hydrogen) atoms. The molecule has 0 fully saturated rings. The third kappa shape index (κ3) is 2.98. The van der Waals surface area contributed by atoms with Gasteiger partial charge in [-0.1, -0.05) is 30.3 Å². The number of carbonyl (C=O) groups is 1. The van der Waals surface area contributed by atoms with Crippen LogP contribution in [0.15, 0.2) is 49.1 Å². The third-order valence-electron chi connectivity index (χ3n) is 2.82. The van der Waals surface area contributed by atoms with E-state index in [0.29, 0.717) is 12.2 Å². The van der Waals surface area contributed by atoms with Gasteiger partial charge in [0.15, 0.2) is 0 Å². The van der Waals surface area contributed by atoms with E-state index in [1.54, 1.807) is 12.1 Å². The highest BCUT2D eigenvalue weighted by Crippen LogP contribution is 2.13. The van der Waals surface area contributed by atoms with Crippen LogP contribution < -0.4 is 0 Å². The number of para-hydroxylation sites is 1. The lowest BCUT2D eigenvalue weighted by Gasteiger charge is -2.19. The summed E-state index contributed by atoms with van der Waals surface area (Å²) in [7, 11) is 0. The van der Waals surface area contributed by atoms with Crippen LogP contribution in [0.4, 0.5) is 0 Å². The van der Waals surface area contributed by atoms with Crippen LogP contribution in [0.3, 0.4) is 0 Å². The molecule has 1 aromatic heterocycles. The second kappa shape index (κ2) is 6.11. The van der Waals surface area contributed by atoms with Crippen LogP contribution in [0.2, 0.25) is 0 Å². The zero-order chi connectivity index (χ0) is 13.7. The highest BCUT2D eigenvalue weighted by Gasteiger charge is 2.15. The first kappa shape index (κ1) is 13.2. The maximum Gasteiger partial charge on any atom is 0.272 e. The molecule has 0 aliphatic heterocycles. The van der Waals surface area contributed by atoms with Crippen LogP contribution >= 0.6 is 0 Å². The maximum atomic E-state index is 12.3. The zero-order valence-corrected chi connectivity index (χ0v) is 10.6. The van der Waals surface area contributed by atoms with Gasteiger partial charge in [0.25, 0.3) is 5.91 Å². The first-order chi connectivity index (χ1) is 9.26. The lowest BCUT2D eigenvalue weighted by atomic mass is 10.2. The van der Waals surface area contributed by atoms with Crippen molar-refractivity contribution in [3.63, 3.8) is 0 Å². The number of aromatic nitrogens is 1. The molecule has 98 valence electrons. The van der Waals surface area contributed by atoms with Gasteiger partial charge < -0.3 is 10.0 Å². The zero-order valence-electron chi connectivity index (χ0n) is 10.6. The van der Waals surface area contributed by atoms with Gasteiger partial charge in [0, 0.05) is 18.5 Å². The van der Waals surface area contributed by atoms with Gasteiger partial charge in [0.2, 0.25) is 0 Å². The van der Waals surface area contributed by atoms with Gasteiger partial charge in [-0.2, -0.15) is 0 Å². The second-order valence-corrected chi connectivity index (χ2v) is 4.15. The molecule has 0 saturated carbocycles. The topological polar surface area (TPSA) is 53.4 Å². The summed E-state index contributed by atoms with van der Waals surface area (Å²) >= 11 is 0. The highest BCUT2D eigenvalue weighted by molar-refractivity contribution is 5.95. The summed E-state index contributed by atoms with van der Waals surface area (Å²) in [5.41, 5.74) is 1.17. The summed E-state index contributed by atoms with van der Waals surface area (Å²) in [6, 6.07) is 11.2. The van der Waals surface area contributed by atoms with Crippen molar-refractivity contribution in [2.45, 2.75) is 0 Å². The Morgan fingerprint density at radius 3 is 2.84 bits per heavy atom. The van der Waals surface area contributed by atoms with Gasteiger partial charge in [-0.15, -0.1) is 6.58 Å². The fourth-order valence-corrected chi connectivity index (χ4v) is 1.90. The van der Waals surface area contributed by atoms with Gasteiger partial charge >= 0.3 is 0 Å². The molecule has 0 bridgehead atoms. The number of carbonyl (C=O) groups excluding carboxylic acids is 1. The Hall–Kier alpha value is -2.20. The standard InChI is InChI=1S/C15H16N2O2/c1-2-9-17(10-11-18)15(19)14-8-7-12-5-3-4-6-13(12)16-14/h2-8,18H,1,9-11H2. The van der Waals surface area contributed by atoms with Crippen molar-refractivity contribution in [1.29, 1.82) is 0 Å². The molecule has 0 aliphatic carbocycles. The number of fused-ring (bicyclic) bond motifs is 1. The van der Waals surface area contributed by atoms with Crippen LogP contribution in [0.25, 0.3) is 10.9 Å². The molecule has 1 N–H and O–H groups in total. The number of aliphatic hydroxyl groups excluding tert-OH is 1. The van der Waals surface area contributed by atoms with Gasteiger partial charge in [-0.25, -0.2) is 4.98 Å². The van der Waals surface area contributed by atoms with E-state index in [2.05, 4.69) is 11.6 Å². The number of amides is 1. The lowest BCUT2D eigenvalue weighted by Crippen LogP contribution is -2.34. The maximum absolute atomic E-state index is 12.3. The molecule has 0 saturated heterocycles. The molecule has 1 amide bonds. The third-order valence-corrected chi connectivity index (χ3v) is 2.82. The molecular weight excluding hydrogens is 240 g/mol. The highest BCUT2D eigenvalue weighted by atomic mass is 16.3. The Balaban J connectivity index is 2.31. The summed E-state index contributed by atoms with van der Waals surface area (Å²) < 4.78 is 0. The molecule has 4 heteroatoms. The lowest BCUT2D eigenvalue weighted by molar-refractivity contribution is 0.0737. The summed E-state index contributed by atoms with van der Waals surface area (Å²) in [4.78, 5) is 18.1. The van der Waals surface area contributed by atoms with Crippen LogP contribution in [-0.2, 0) is 0 Å². The minimum absolute atomic E-state index is 0.0762. The number of rotatable bonds is 5. The molecule has 2 rings (SSSR count). The molecule has 0 unspecified atom stereocenters. The van der Waals surface area contributed by atoms with Crippen molar-refractivity contribution in [1.82, 2.24) is 9.88 Å². The second-order valence-electron chi connectivity index (χ2n) is 4.15. The predicted octanol–water partition coefficient (Wildman–Crippen LogP) is 1.86. The largest absolute Gasteiger partial charge is 0.395 e. The molecule has 1 aromatic carbocycles. The predicted molar refractivity (Wildman–Crippen MR) is 74.9 cm³/mol. The number of pyridine rings is 1. The van der Waals surface area contributed by atoms with Crippen molar-refractivity contribution >= 4 is 16.8 Å². The Labute approximate surface area is 112 Å². The van der Waals surface area contributed by atoms with Gasteiger partial charge in [0.05, 0.1) is 12.1 Å². The molecule has 4 nitrogen and oxygen atoms in total. The summed E-state index contributed by atoms with van der Waals surface area (Å²) in [6.45, 7) is 4.21. The van der Waals surface area contributed by atoms with Gasteiger partial charge in [-0.05, 0) is 12.1 Å². The molecular formula is C15H16N2O2. The van der Waals surface area contributed by atoms with Crippen LogP contribution in [0.5, 0.6) is 0 Å². The van der Waals surface area contributed by atoms with Crippen molar-refractivity contribution < 1.29 is 9.90 Å². The van der Waals surface area contributed by atoms with E-state index in [4.69, 9.17) is 5.11 Å². The fraction of sp³-hybridized carbons (Fsp3) is 0.200. The van der Waals surface area contributed by atoms with E-state index < -0.39 is 0 Å². The fourth-order valence-electron chi connectivity index (χ4n) is 1.90. The van der Waals surface area contributed by atoms with E-state index >= 15 is 0 Å². The van der Waals surface area contributed by atoms with Crippen LogP contribution in [0.1, 0.15) is 10.5 Å². The van der Waals surface area contributed by atoms with Crippen molar-refractivity contribution in [3.05, 3.63) is 54.7 Å². The molecule has 2 aromatic rings. The molecule has 1 heterocycles. The minimum atomic E-state index is -0.195. The summed E-state index contributed by atoms with van der Waals surface area (Å²) in [5.74, 6) is -0.195. The van der Waals surface area contributed by atoms with Gasteiger partial charge in [-0.3, -0.25) is 4.79 Å². The summed E-state index contributed by atoms with van der Waals surface area (Å²) in [6.07, 6.45) is 1.63. The number of aliphatic hydroxyl groups is 1. The van der Waals surface area contributed by atoms with Crippen LogP contribution in [-0.4, -0.2) is 40.6 Å². The average Bonchev–Trinajstić information content (AvgIpc) is 2.46. The smallest absolute Gasteiger partial charge is 0.272 e. The van der Waals surface area contributed by atoms with Crippen molar-refractivity contribution in [2.24, 2.45) is 0 Å². The Morgan fingerprint density at radius 1 is 1.32 bits per heavy atom. The average molecular weight is 256 g/mol. The van der Waals surface area contributed by atoms with Crippen molar-refractivity contribution in [2.75, 3.05) is 19.7 Å². The van der Waals surface area contributed by atoms with E-state index in [9.17, 15) is 4.79 Å². The number of hydrogen-bond acceptors (Lipinski definition) is 3. The number of hydrogen-bond donors (Lipinski definition) is 1. The minimum Gasteiger partial charge on any atom is -0.395 e. The van der Waals surface area contributed by atoms with Gasteiger partial charge in [0.1, 0.15) is 5.69 Å². The molecule has 0 spiro atoms. The first-order valence-corrected chi connectivity index (χ1v) is 6.13. The molecule has 0 aliphatic rings. The number of nitrogens with zero attached hydrogens (tertiary/aromatic N) is 2. The quantitative estimate of drug-likeness (QED) is 0.831. The molecule has 0 radical (unpaired) electrons. The van der Waals surface area contributed by atoms with E-state index in [0.717, 1.165) is 10.9 Å². The van der Waals surface area contributed by atoms with E-state index in [1.165, 1.54) is 4.90 Å². The molecule has 0 atom stereocenters. The first-order valence-electron chi connectivity index (χ1n) is 6.13. The SMILES string of the molecule is C=CCN(CCO)C(=O)c1ccc2ccccc2n1. The normalized spacial score (nSPS) is 10.4. The Bertz CT molecular complexity index is 595. The van der Waals surface area contributed by atoms with E-state index in [1.807, 2.05) is 30.3 Å². The summed E-state index contributed by atoms with van der Waals surface area (Å²) in [5, 5.41) is 9.98.